The highest BCUT2D eigenvalue weighted by molar-refractivity contribution is 6.11. The second kappa shape index (κ2) is 5.56. The van der Waals surface area contributed by atoms with Crippen LogP contribution in [0.1, 0.15) is 35.8 Å². The number of hydrogen-bond acceptors (Lipinski definition) is 2. The maximum absolute atomic E-state index is 12.1. The molecule has 3 aromatic rings. The van der Waals surface area contributed by atoms with Crippen LogP contribution in [0.15, 0.2) is 30.5 Å². The minimum Gasteiger partial charge on any atom is -0.354 e. The second-order valence-electron chi connectivity index (χ2n) is 5.23. The predicted molar refractivity (Wildman–Crippen MR) is 85.6 cm³/mol. The molecule has 1 amide bonds. The molecule has 2 N–H and O–H groups in total. The molecule has 4 nitrogen and oxygen atoms in total. The van der Waals surface area contributed by atoms with Crippen molar-refractivity contribution in [1.82, 2.24) is 15.3 Å². The third-order valence-electron chi connectivity index (χ3n) is 3.87. The molecular weight excluding hydrogens is 262 g/mol. The van der Waals surface area contributed by atoms with E-state index in [-0.39, 0.29) is 5.91 Å². The number of rotatable bonds is 4. The summed E-state index contributed by atoms with van der Waals surface area (Å²) in [5.74, 6) is -0.117. The molecule has 0 aliphatic heterocycles. The fourth-order valence-electron chi connectivity index (χ4n) is 2.82. The Morgan fingerprint density at radius 2 is 2.10 bits per heavy atom. The number of pyridine rings is 1. The number of aryl methyl sites for hydroxylation is 1. The number of unbranched alkanes of at least 4 members (excludes halogenated alkanes) is 1. The van der Waals surface area contributed by atoms with Crippen LogP contribution in [0.4, 0.5) is 0 Å². The number of nitrogens with zero attached hydrogens (tertiary/aromatic N) is 1. The Hall–Kier alpha value is -2.36. The van der Waals surface area contributed by atoms with E-state index in [2.05, 4.69) is 34.3 Å². The van der Waals surface area contributed by atoms with Gasteiger partial charge in [-0.2, -0.15) is 0 Å². The lowest BCUT2D eigenvalue weighted by molar-refractivity contribution is 0.0957. The number of para-hydroxylation sites is 1. The van der Waals surface area contributed by atoms with Crippen LogP contribution in [0.2, 0.25) is 0 Å². The Balaban J connectivity index is 2.33. The Labute approximate surface area is 123 Å². The van der Waals surface area contributed by atoms with Gasteiger partial charge in [-0.1, -0.05) is 31.5 Å². The number of H-pyrrole nitrogens is 1. The largest absolute Gasteiger partial charge is 0.354 e. The van der Waals surface area contributed by atoms with Crippen molar-refractivity contribution in [3.05, 3.63) is 41.7 Å². The van der Waals surface area contributed by atoms with Crippen LogP contribution in [-0.2, 0) is 6.42 Å². The number of aromatic amines is 1. The minimum atomic E-state index is -0.117. The van der Waals surface area contributed by atoms with Crippen molar-refractivity contribution in [2.24, 2.45) is 0 Å². The molecule has 21 heavy (non-hydrogen) atoms. The SMILES string of the molecule is CCCCc1c(C(=O)NC)ncc2[nH]c3ccccc3c12. The molecule has 0 unspecified atom stereocenters. The molecule has 0 spiro atoms. The summed E-state index contributed by atoms with van der Waals surface area (Å²) in [5, 5.41) is 4.98. The van der Waals surface area contributed by atoms with E-state index in [1.807, 2.05) is 12.1 Å². The van der Waals surface area contributed by atoms with Crippen molar-refractivity contribution in [2.75, 3.05) is 7.05 Å². The van der Waals surface area contributed by atoms with Gasteiger partial charge in [-0.15, -0.1) is 0 Å². The molecule has 2 aromatic heterocycles. The average molecular weight is 281 g/mol. The van der Waals surface area contributed by atoms with Crippen molar-refractivity contribution in [1.29, 1.82) is 0 Å². The first kappa shape index (κ1) is 13.6. The molecule has 0 bridgehead atoms. The lowest BCUT2D eigenvalue weighted by atomic mass is 10.00. The van der Waals surface area contributed by atoms with Crippen molar-refractivity contribution >= 4 is 27.7 Å². The Morgan fingerprint density at radius 3 is 2.86 bits per heavy atom. The molecule has 0 saturated heterocycles. The number of carbonyl (C=O) groups is 1. The van der Waals surface area contributed by atoms with Gasteiger partial charge in [0.25, 0.3) is 5.91 Å². The van der Waals surface area contributed by atoms with Gasteiger partial charge in [0.15, 0.2) is 0 Å². The lowest BCUT2D eigenvalue weighted by Crippen LogP contribution is -2.21. The molecule has 4 heteroatoms. The average Bonchev–Trinajstić information content (AvgIpc) is 2.90. The molecule has 1 aromatic carbocycles. The molecule has 0 atom stereocenters. The van der Waals surface area contributed by atoms with Gasteiger partial charge < -0.3 is 10.3 Å². The highest BCUT2D eigenvalue weighted by Gasteiger charge is 2.17. The first-order chi connectivity index (χ1) is 10.3. The number of hydrogen-bond donors (Lipinski definition) is 2. The molecule has 0 saturated carbocycles. The number of aromatic nitrogens is 2. The Bertz CT molecular complexity index is 804. The summed E-state index contributed by atoms with van der Waals surface area (Å²) in [7, 11) is 1.65. The van der Waals surface area contributed by atoms with Crippen molar-refractivity contribution in [2.45, 2.75) is 26.2 Å². The highest BCUT2D eigenvalue weighted by Crippen LogP contribution is 2.30. The summed E-state index contributed by atoms with van der Waals surface area (Å²) in [6.45, 7) is 2.16. The maximum atomic E-state index is 12.1. The van der Waals surface area contributed by atoms with E-state index in [1.54, 1.807) is 13.2 Å². The summed E-state index contributed by atoms with van der Waals surface area (Å²) < 4.78 is 0. The normalized spacial score (nSPS) is 11.1. The zero-order valence-corrected chi connectivity index (χ0v) is 12.4. The van der Waals surface area contributed by atoms with Crippen molar-refractivity contribution < 1.29 is 4.79 Å². The van der Waals surface area contributed by atoms with E-state index in [0.29, 0.717) is 5.69 Å². The summed E-state index contributed by atoms with van der Waals surface area (Å²) in [6.07, 6.45) is 4.76. The van der Waals surface area contributed by atoms with Gasteiger partial charge in [0.05, 0.1) is 11.7 Å². The van der Waals surface area contributed by atoms with Crippen LogP contribution in [0.25, 0.3) is 21.8 Å². The van der Waals surface area contributed by atoms with Crippen LogP contribution in [0, 0.1) is 0 Å². The zero-order chi connectivity index (χ0) is 14.8. The minimum absolute atomic E-state index is 0.117. The topological polar surface area (TPSA) is 57.8 Å². The fraction of sp³-hybridized carbons (Fsp3) is 0.294. The molecule has 0 aliphatic rings. The standard InChI is InChI=1S/C17H19N3O/c1-3-4-7-12-15-11-8-5-6-9-13(11)20-14(15)10-19-16(12)17(21)18-2/h5-6,8-10,20H,3-4,7H2,1-2H3,(H,18,21). The van der Waals surface area contributed by atoms with Gasteiger partial charge in [-0.3, -0.25) is 4.79 Å². The third-order valence-corrected chi connectivity index (χ3v) is 3.87. The number of nitrogens with one attached hydrogen (secondary N) is 2. The monoisotopic (exact) mass is 281 g/mol. The highest BCUT2D eigenvalue weighted by atomic mass is 16.1. The summed E-state index contributed by atoms with van der Waals surface area (Å²) in [5.41, 5.74) is 3.67. The number of fused-ring (bicyclic) bond motifs is 3. The van der Waals surface area contributed by atoms with Gasteiger partial charge in [-0.05, 0) is 24.5 Å². The number of amides is 1. The smallest absolute Gasteiger partial charge is 0.269 e. The molecule has 0 fully saturated rings. The maximum Gasteiger partial charge on any atom is 0.269 e. The van der Waals surface area contributed by atoms with E-state index < -0.39 is 0 Å². The Morgan fingerprint density at radius 1 is 1.29 bits per heavy atom. The quantitative estimate of drug-likeness (QED) is 0.770. The third kappa shape index (κ3) is 2.27. The van der Waals surface area contributed by atoms with Crippen molar-refractivity contribution in [3.8, 4) is 0 Å². The van der Waals surface area contributed by atoms with Crippen LogP contribution < -0.4 is 5.32 Å². The van der Waals surface area contributed by atoms with E-state index in [1.165, 1.54) is 0 Å². The van der Waals surface area contributed by atoms with Crippen LogP contribution >= 0.6 is 0 Å². The summed E-state index contributed by atoms with van der Waals surface area (Å²) in [6, 6.07) is 8.19. The van der Waals surface area contributed by atoms with Gasteiger partial charge in [0, 0.05) is 23.3 Å². The van der Waals surface area contributed by atoms with Crippen LogP contribution in [0.5, 0.6) is 0 Å². The molecule has 108 valence electrons. The van der Waals surface area contributed by atoms with Gasteiger partial charge in [0.1, 0.15) is 5.69 Å². The first-order valence-corrected chi connectivity index (χ1v) is 7.36. The van der Waals surface area contributed by atoms with E-state index >= 15 is 0 Å². The van der Waals surface area contributed by atoms with E-state index in [4.69, 9.17) is 0 Å². The molecule has 0 aliphatic carbocycles. The van der Waals surface area contributed by atoms with Crippen LogP contribution in [-0.4, -0.2) is 22.9 Å². The number of benzene rings is 1. The fourth-order valence-corrected chi connectivity index (χ4v) is 2.82. The molecule has 3 rings (SSSR count). The summed E-state index contributed by atoms with van der Waals surface area (Å²) in [4.78, 5) is 19.9. The van der Waals surface area contributed by atoms with Gasteiger partial charge in [0.2, 0.25) is 0 Å². The molecule has 2 heterocycles. The predicted octanol–water partition coefficient (Wildman–Crippen LogP) is 3.42. The summed E-state index contributed by atoms with van der Waals surface area (Å²) >= 11 is 0. The Kier molecular flexibility index (Phi) is 3.60. The molecule has 0 radical (unpaired) electrons. The first-order valence-electron chi connectivity index (χ1n) is 7.36. The number of carbonyl (C=O) groups excluding carboxylic acids is 1. The van der Waals surface area contributed by atoms with Crippen molar-refractivity contribution in [3.63, 3.8) is 0 Å². The second-order valence-corrected chi connectivity index (χ2v) is 5.23. The molecular formula is C17H19N3O. The van der Waals surface area contributed by atoms with Gasteiger partial charge >= 0.3 is 0 Å². The van der Waals surface area contributed by atoms with Crippen LogP contribution in [0.3, 0.4) is 0 Å². The van der Waals surface area contributed by atoms with E-state index in [0.717, 1.165) is 46.6 Å². The van der Waals surface area contributed by atoms with Gasteiger partial charge in [-0.25, -0.2) is 4.98 Å². The zero-order valence-electron chi connectivity index (χ0n) is 12.4. The van der Waals surface area contributed by atoms with E-state index in [9.17, 15) is 4.79 Å². The lowest BCUT2D eigenvalue weighted by Gasteiger charge is -2.09.